The fraction of sp³-hybridized carbons (Fsp3) is 0.0714. The van der Waals surface area contributed by atoms with Crippen molar-refractivity contribution >= 4 is 12.2 Å². The Morgan fingerprint density at radius 2 is 1.68 bits per heavy atom. The topological polar surface area (TPSA) is 69.4 Å². The zero-order valence-electron chi connectivity index (χ0n) is 9.93. The Hall–Kier alpha value is -2.69. The van der Waals surface area contributed by atoms with Gasteiger partial charge in [0.25, 0.3) is 12.2 Å². The molecule has 0 aliphatic heterocycles. The van der Waals surface area contributed by atoms with Crippen molar-refractivity contribution in [1.82, 2.24) is 0 Å². The molecule has 5 heteroatoms. The van der Waals surface area contributed by atoms with Crippen molar-refractivity contribution in [3.63, 3.8) is 0 Å². The predicted molar refractivity (Wildman–Crippen MR) is 68.5 cm³/mol. The molecule has 0 saturated carbocycles. The normalized spacial score (nSPS) is 11.6. The number of nitrogens with zero attached hydrogens (tertiary/aromatic N) is 1. The molecule has 96 valence electrons. The van der Waals surface area contributed by atoms with Gasteiger partial charge in [-0.1, -0.05) is 42.5 Å². The van der Waals surface area contributed by atoms with E-state index in [1.165, 1.54) is 6.07 Å². The molecule has 1 atom stereocenters. The molecule has 0 saturated heterocycles. The largest absolute Gasteiger partial charge is 0.454 e. The van der Waals surface area contributed by atoms with E-state index in [1.54, 1.807) is 42.5 Å². The summed E-state index contributed by atoms with van der Waals surface area (Å²) in [7, 11) is 0. The lowest BCUT2D eigenvalue weighted by Gasteiger charge is -2.15. The molecule has 19 heavy (non-hydrogen) atoms. The number of nitro benzene ring substituents is 1. The van der Waals surface area contributed by atoms with Crippen LogP contribution in [0.2, 0.25) is 0 Å². The van der Waals surface area contributed by atoms with E-state index >= 15 is 0 Å². The minimum atomic E-state index is -0.778. The number of carbonyl (C=O) groups excluding carboxylic acids is 1. The van der Waals surface area contributed by atoms with Gasteiger partial charge in [-0.2, -0.15) is 0 Å². The summed E-state index contributed by atoms with van der Waals surface area (Å²) in [6.07, 6.45) is -0.778. The molecule has 2 aromatic carbocycles. The Balaban J connectivity index is 2.51. The minimum Gasteiger partial charge on any atom is -0.454 e. The number of benzene rings is 2. The first-order valence-electron chi connectivity index (χ1n) is 5.61. The predicted octanol–water partition coefficient (Wildman–Crippen LogP) is 2.86. The number of carbonyl (C=O) groups is 1. The summed E-state index contributed by atoms with van der Waals surface area (Å²) in [5.74, 6) is 0. The van der Waals surface area contributed by atoms with Crippen LogP contribution in [0.3, 0.4) is 0 Å². The van der Waals surface area contributed by atoms with Crippen LogP contribution in [0.25, 0.3) is 0 Å². The number of nitro groups is 1. The Morgan fingerprint density at radius 3 is 2.32 bits per heavy atom. The zero-order valence-corrected chi connectivity index (χ0v) is 9.93. The van der Waals surface area contributed by atoms with Gasteiger partial charge in [0, 0.05) is 6.07 Å². The zero-order chi connectivity index (χ0) is 13.7. The quantitative estimate of drug-likeness (QED) is 0.469. The van der Waals surface area contributed by atoms with E-state index in [4.69, 9.17) is 4.74 Å². The third-order valence-electron chi connectivity index (χ3n) is 2.71. The van der Waals surface area contributed by atoms with E-state index in [-0.39, 0.29) is 5.69 Å². The van der Waals surface area contributed by atoms with Crippen LogP contribution in [-0.4, -0.2) is 11.4 Å². The number of rotatable bonds is 5. The summed E-state index contributed by atoms with van der Waals surface area (Å²) >= 11 is 0. The standard InChI is InChI=1S/C14H11NO4/c16-10-19-14(11-6-2-1-3-7-11)12-8-4-5-9-13(12)15(17)18/h1-10,14H. The first-order valence-corrected chi connectivity index (χ1v) is 5.61. The highest BCUT2D eigenvalue weighted by Crippen LogP contribution is 2.31. The van der Waals surface area contributed by atoms with Crippen LogP contribution >= 0.6 is 0 Å². The van der Waals surface area contributed by atoms with Crippen molar-refractivity contribution < 1.29 is 14.5 Å². The number of para-hydroxylation sites is 1. The van der Waals surface area contributed by atoms with Crippen molar-refractivity contribution in [3.05, 3.63) is 75.8 Å². The maximum atomic E-state index is 11.0. The molecule has 2 aromatic rings. The van der Waals surface area contributed by atoms with Crippen molar-refractivity contribution in [2.75, 3.05) is 0 Å². The third-order valence-corrected chi connectivity index (χ3v) is 2.71. The van der Waals surface area contributed by atoms with Gasteiger partial charge >= 0.3 is 0 Å². The van der Waals surface area contributed by atoms with Crippen LogP contribution in [0.1, 0.15) is 17.2 Å². The molecule has 0 aromatic heterocycles. The Morgan fingerprint density at radius 1 is 1.05 bits per heavy atom. The summed E-state index contributed by atoms with van der Waals surface area (Å²) in [4.78, 5) is 21.2. The van der Waals surface area contributed by atoms with Gasteiger partial charge in [-0.3, -0.25) is 14.9 Å². The van der Waals surface area contributed by atoms with Crippen molar-refractivity contribution in [3.8, 4) is 0 Å². The minimum absolute atomic E-state index is 0.0711. The van der Waals surface area contributed by atoms with E-state index in [0.29, 0.717) is 17.6 Å². The molecular weight excluding hydrogens is 246 g/mol. The lowest BCUT2D eigenvalue weighted by molar-refractivity contribution is -0.386. The first kappa shape index (κ1) is 12.8. The summed E-state index contributed by atoms with van der Waals surface area (Å²) in [6.45, 7) is 0.300. The maximum absolute atomic E-state index is 11.0. The number of hydrogen-bond donors (Lipinski definition) is 0. The number of ether oxygens (including phenoxy) is 1. The van der Waals surface area contributed by atoms with Crippen molar-refractivity contribution in [2.24, 2.45) is 0 Å². The third kappa shape index (κ3) is 2.77. The second-order valence-corrected chi connectivity index (χ2v) is 3.84. The molecule has 5 nitrogen and oxygen atoms in total. The molecule has 0 bridgehead atoms. The van der Waals surface area contributed by atoms with Crippen molar-refractivity contribution in [1.29, 1.82) is 0 Å². The summed E-state index contributed by atoms with van der Waals surface area (Å²) in [5.41, 5.74) is 0.966. The molecule has 0 heterocycles. The van der Waals surface area contributed by atoms with E-state index in [2.05, 4.69) is 0 Å². The Kier molecular flexibility index (Phi) is 3.87. The smallest absolute Gasteiger partial charge is 0.294 e. The van der Waals surface area contributed by atoms with Crippen LogP contribution in [-0.2, 0) is 9.53 Å². The monoisotopic (exact) mass is 257 g/mol. The van der Waals surface area contributed by atoms with Gasteiger partial charge < -0.3 is 4.74 Å². The fourth-order valence-corrected chi connectivity index (χ4v) is 1.89. The van der Waals surface area contributed by atoms with Gasteiger partial charge in [-0.05, 0) is 11.6 Å². The highest BCUT2D eigenvalue weighted by Gasteiger charge is 2.24. The molecule has 2 rings (SSSR count). The SMILES string of the molecule is O=COC(c1ccccc1)c1ccccc1[N+](=O)[O-]. The summed E-state index contributed by atoms with van der Waals surface area (Å²) in [5, 5.41) is 11.0. The van der Waals surface area contributed by atoms with Crippen LogP contribution in [0.5, 0.6) is 0 Å². The molecule has 0 radical (unpaired) electrons. The van der Waals surface area contributed by atoms with Gasteiger partial charge in [0.1, 0.15) is 0 Å². The fourth-order valence-electron chi connectivity index (χ4n) is 1.89. The summed E-state index contributed by atoms with van der Waals surface area (Å²) in [6, 6.07) is 15.1. The Bertz CT molecular complexity index is 583. The lowest BCUT2D eigenvalue weighted by Crippen LogP contribution is -2.08. The van der Waals surface area contributed by atoms with Crippen LogP contribution < -0.4 is 0 Å². The molecule has 1 unspecified atom stereocenters. The second-order valence-electron chi connectivity index (χ2n) is 3.84. The van der Waals surface area contributed by atoms with Crippen LogP contribution in [0, 0.1) is 10.1 Å². The molecule has 0 fully saturated rings. The van der Waals surface area contributed by atoms with Gasteiger partial charge in [0.15, 0.2) is 6.10 Å². The summed E-state index contributed by atoms with van der Waals surface area (Å²) < 4.78 is 5.02. The molecule has 0 aliphatic carbocycles. The van der Waals surface area contributed by atoms with Gasteiger partial charge in [-0.15, -0.1) is 0 Å². The van der Waals surface area contributed by atoms with Gasteiger partial charge in [-0.25, -0.2) is 0 Å². The molecule has 0 N–H and O–H groups in total. The molecule has 0 aliphatic rings. The van der Waals surface area contributed by atoms with E-state index in [0.717, 1.165) is 0 Å². The second kappa shape index (κ2) is 5.77. The van der Waals surface area contributed by atoms with Crippen LogP contribution in [0.4, 0.5) is 5.69 Å². The first-order chi connectivity index (χ1) is 9.24. The molecular formula is C14H11NO4. The van der Waals surface area contributed by atoms with Crippen LogP contribution in [0.15, 0.2) is 54.6 Å². The highest BCUT2D eigenvalue weighted by atomic mass is 16.6. The maximum Gasteiger partial charge on any atom is 0.294 e. The van der Waals surface area contributed by atoms with Gasteiger partial charge in [0.2, 0.25) is 0 Å². The van der Waals surface area contributed by atoms with E-state index in [1.807, 2.05) is 6.07 Å². The molecule has 0 spiro atoms. The van der Waals surface area contributed by atoms with E-state index < -0.39 is 11.0 Å². The highest BCUT2D eigenvalue weighted by molar-refractivity contribution is 5.48. The van der Waals surface area contributed by atoms with Crippen molar-refractivity contribution in [2.45, 2.75) is 6.10 Å². The van der Waals surface area contributed by atoms with Gasteiger partial charge in [0.05, 0.1) is 10.5 Å². The number of hydrogen-bond acceptors (Lipinski definition) is 4. The average molecular weight is 257 g/mol. The lowest BCUT2D eigenvalue weighted by atomic mass is 10.00. The molecule has 0 amide bonds. The Labute approximate surface area is 109 Å². The average Bonchev–Trinajstić information content (AvgIpc) is 2.45. The van der Waals surface area contributed by atoms with E-state index in [9.17, 15) is 14.9 Å².